The van der Waals surface area contributed by atoms with Crippen molar-refractivity contribution in [2.45, 2.75) is 45.1 Å². The zero-order valence-corrected chi connectivity index (χ0v) is 24.7. The second-order valence-electron chi connectivity index (χ2n) is 10.7. The molecule has 0 atom stereocenters. The normalized spacial score (nSPS) is 15.8. The highest BCUT2D eigenvalue weighted by Gasteiger charge is 2.20. The lowest BCUT2D eigenvalue weighted by Gasteiger charge is -2.30. The van der Waals surface area contributed by atoms with E-state index in [-0.39, 0.29) is 0 Å². The number of benzene rings is 3. The number of nitrogens with one attached hydrogen (secondary N) is 1. The molecule has 10 heteroatoms. The fraction of sp³-hybridized carbons (Fsp3) is 0.375. The Balaban J connectivity index is 1.19. The highest BCUT2D eigenvalue weighted by molar-refractivity contribution is 6.32. The molecule has 6 rings (SSSR count). The smallest absolute Gasteiger partial charge is 0.250 e. The molecule has 1 aromatic heterocycles. The van der Waals surface area contributed by atoms with Crippen LogP contribution in [0.3, 0.4) is 0 Å². The van der Waals surface area contributed by atoms with Crippen molar-refractivity contribution in [1.29, 1.82) is 0 Å². The average molecular weight is 586 g/mol. The van der Waals surface area contributed by atoms with Gasteiger partial charge in [-0.2, -0.15) is 20.1 Å². The molecule has 1 N–H and O–H groups in total. The lowest BCUT2D eigenvalue weighted by Crippen LogP contribution is -2.34. The molecule has 2 fully saturated rings. The number of halogens is 1. The van der Waals surface area contributed by atoms with Gasteiger partial charge in [0, 0.05) is 26.2 Å². The maximum Gasteiger partial charge on any atom is 0.250 e. The van der Waals surface area contributed by atoms with Crippen molar-refractivity contribution >= 4 is 46.4 Å². The van der Waals surface area contributed by atoms with Crippen molar-refractivity contribution in [2.24, 2.45) is 5.10 Å². The summed E-state index contributed by atoms with van der Waals surface area (Å²) in [7, 11) is 1.60. The fourth-order valence-corrected chi connectivity index (χ4v) is 5.84. The van der Waals surface area contributed by atoms with Gasteiger partial charge in [-0.25, -0.2) is 5.43 Å². The lowest BCUT2D eigenvalue weighted by molar-refractivity contribution is 0.286. The summed E-state index contributed by atoms with van der Waals surface area (Å²) >= 11 is 6.68. The minimum Gasteiger partial charge on any atom is -0.493 e. The Morgan fingerprint density at radius 1 is 0.857 bits per heavy atom. The first-order valence-corrected chi connectivity index (χ1v) is 15.1. The third-order valence-corrected chi connectivity index (χ3v) is 8.05. The maximum absolute atomic E-state index is 6.68. The summed E-state index contributed by atoms with van der Waals surface area (Å²) in [6.45, 7) is 4.20. The van der Waals surface area contributed by atoms with Crippen LogP contribution >= 0.6 is 11.6 Å². The Morgan fingerprint density at radius 3 is 2.21 bits per heavy atom. The summed E-state index contributed by atoms with van der Waals surface area (Å²) in [6.07, 6.45) is 8.76. The molecule has 2 aliphatic rings. The van der Waals surface area contributed by atoms with Gasteiger partial charge in [-0.05, 0) is 72.6 Å². The molecule has 4 aromatic rings. The number of methoxy groups -OCH3 is 1. The molecule has 0 spiro atoms. The number of hydrazone groups is 1. The van der Waals surface area contributed by atoms with Crippen LogP contribution in [0.4, 0.5) is 17.8 Å². The summed E-state index contributed by atoms with van der Waals surface area (Å²) in [5.74, 6) is 2.87. The number of nitrogens with zero attached hydrogens (tertiary/aromatic N) is 6. The van der Waals surface area contributed by atoms with Crippen LogP contribution in [0.1, 0.15) is 49.7 Å². The second kappa shape index (κ2) is 13.2. The molecular weight excluding hydrogens is 550 g/mol. The van der Waals surface area contributed by atoms with E-state index in [2.05, 4.69) is 44.6 Å². The van der Waals surface area contributed by atoms with Gasteiger partial charge in [0.2, 0.25) is 17.8 Å². The van der Waals surface area contributed by atoms with Crippen LogP contribution in [0.15, 0.2) is 59.7 Å². The molecule has 0 saturated carbocycles. The first-order chi connectivity index (χ1) is 20.7. The molecule has 2 aliphatic heterocycles. The Bertz CT molecular complexity index is 1510. The van der Waals surface area contributed by atoms with E-state index in [9.17, 15) is 0 Å². The molecule has 0 unspecified atom stereocenters. The van der Waals surface area contributed by atoms with E-state index < -0.39 is 0 Å². The van der Waals surface area contributed by atoms with Crippen LogP contribution in [0, 0.1) is 0 Å². The van der Waals surface area contributed by atoms with E-state index in [1.165, 1.54) is 18.2 Å². The number of ether oxygens (including phenoxy) is 2. The number of aromatic nitrogens is 3. The Morgan fingerprint density at radius 2 is 1.52 bits per heavy atom. The predicted molar refractivity (Wildman–Crippen MR) is 169 cm³/mol. The molecule has 9 nitrogen and oxygen atoms in total. The monoisotopic (exact) mass is 585 g/mol. The number of piperidine rings is 2. The van der Waals surface area contributed by atoms with Crippen molar-refractivity contribution in [3.63, 3.8) is 0 Å². The number of anilines is 3. The molecular formula is C32H36ClN7O2. The van der Waals surface area contributed by atoms with Gasteiger partial charge in [-0.3, -0.25) is 0 Å². The highest BCUT2D eigenvalue weighted by Crippen LogP contribution is 2.37. The maximum atomic E-state index is 6.68. The third-order valence-electron chi connectivity index (χ3n) is 7.77. The summed E-state index contributed by atoms with van der Waals surface area (Å²) in [5, 5.41) is 7.19. The van der Waals surface area contributed by atoms with Crippen molar-refractivity contribution in [3.05, 3.63) is 70.7 Å². The first-order valence-electron chi connectivity index (χ1n) is 14.7. The minimum absolute atomic E-state index is 0.366. The number of rotatable bonds is 9. The molecule has 2 saturated heterocycles. The molecule has 0 amide bonds. The largest absolute Gasteiger partial charge is 0.493 e. The van der Waals surface area contributed by atoms with E-state index >= 15 is 0 Å². The Kier molecular flexibility index (Phi) is 8.84. The molecule has 3 heterocycles. The van der Waals surface area contributed by atoms with E-state index in [4.69, 9.17) is 36.0 Å². The van der Waals surface area contributed by atoms with E-state index in [1.807, 2.05) is 24.3 Å². The van der Waals surface area contributed by atoms with Gasteiger partial charge in [-0.15, -0.1) is 0 Å². The number of hydrogen-bond donors (Lipinski definition) is 1. The summed E-state index contributed by atoms with van der Waals surface area (Å²) in [5.41, 5.74) is 4.85. The first kappa shape index (κ1) is 28.0. The quantitative estimate of drug-likeness (QED) is 0.172. The molecule has 42 heavy (non-hydrogen) atoms. The van der Waals surface area contributed by atoms with Gasteiger partial charge < -0.3 is 19.3 Å². The summed E-state index contributed by atoms with van der Waals surface area (Å²) < 4.78 is 11.8. The zero-order chi connectivity index (χ0) is 28.7. The predicted octanol–water partition coefficient (Wildman–Crippen LogP) is 6.69. The SMILES string of the molecule is COc1cc(/C=N/Nc2nc(N3CCCCC3)nc(N3CCCCC3)n2)cc(Cl)c1OCc1cccc2ccccc12. The fourth-order valence-electron chi connectivity index (χ4n) is 5.56. The van der Waals surface area contributed by atoms with Crippen LogP contribution in [0.25, 0.3) is 10.8 Å². The van der Waals surface area contributed by atoms with Gasteiger partial charge in [0.1, 0.15) is 6.61 Å². The molecule has 0 aliphatic carbocycles. The van der Waals surface area contributed by atoms with Gasteiger partial charge in [0.05, 0.1) is 18.3 Å². The standard InChI is InChI=1S/C32H36ClN7O2/c1-41-28-20-23(19-27(33)29(28)42-22-25-13-10-12-24-11-4-5-14-26(24)25)21-34-38-30-35-31(39-15-6-2-7-16-39)37-32(36-30)40-17-8-3-9-18-40/h4-5,10-14,19-21H,2-3,6-9,15-18,22H2,1H3,(H,35,36,37,38)/b34-21+. The lowest BCUT2D eigenvalue weighted by atomic mass is 10.1. The number of hydrogen-bond acceptors (Lipinski definition) is 9. The van der Waals surface area contributed by atoms with Crippen LogP contribution in [0.5, 0.6) is 11.5 Å². The van der Waals surface area contributed by atoms with Gasteiger partial charge >= 0.3 is 0 Å². The molecule has 0 radical (unpaired) electrons. The van der Waals surface area contributed by atoms with Crippen molar-refractivity contribution in [3.8, 4) is 11.5 Å². The van der Waals surface area contributed by atoms with Crippen molar-refractivity contribution < 1.29 is 9.47 Å². The Labute approximate surface area is 251 Å². The molecule has 218 valence electrons. The van der Waals surface area contributed by atoms with Crippen molar-refractivity contribution in [1.82, 2.24) is 15.0 Å². The van der Waals surface area contributed by atoms with Crippen LogP contribution in [-0.4, -0.2) is 54.5 Å². The van der Waals surface area contributed by atoms with E-state index in [1.54, 1.807) is 19.4 Å². The summed E-state index contributed by atoms with van der Waals surface area (Å²) in [6, 6.07) is 18.1. The second-order valence-corrected chi connectivity index (χ2v) is 11.1. The van der Waals surface area contributed by atoms with Gasteiger partial charge in [-0.1, -0.05) is 54.1 Å². The zero-order valence-electron chi connectivity index (χ0n) is 23.9. The van der Waals surface area contributed by atoms with Crippen LogP contribution in [-0.2, 0) is 6.61 Å². The topological polar surface area (TPSA) is 88.0 Å². The van der Waals surface area contributed by atoms with Crippen molar-refractivity contribution in [2.75, 3.05) is 48.5 Å². The van der Waals surface area contributed by atoms with E-state index in [0.29, 0.717) is 41.0 Å². The van der Waals surface area contributed by atoms with Crippen LogP contribution < -0.4 is 24.7 Å². The highest BCUT2D eigenvalue weighted by atomic mass is 35.5. The summed E-state index contributed by atoms with van der Waals surface area (Å²) in [4.78, 5) is 18.7. The molecule has 0 bridgehead atoms. The van der Waals surface area contributed by atoms with E-state index in [0.717, 1.165) is 68.4 Å². The average Bonchev–Trinajstić information content (AvgIpc) is 3.04. The van der Waals surface area contributed by atoms with Gasteiger partial charge in [0.15, 0.2) is 11.5 Å². The minimum atomic E-state index is 0.366. The Hall–Kier alpha value is -4.11. The van der Waals surface area contributed by atoms with Crippen LogP contribution in [0.2, 0.25) is 5.02 Å². The third kappa shape index (κ3) is 6.51. The molecule has 3 aromatic carbocycles. The van der Waals surface area contributed by atoms with Gasteiger partial charge in [0.25, 0.3) is 0 Å². The number of fused-ring (bicyclic) bond motifs is 1.